The van der Waals surface area contributed by atoms with Crippen molar-refractivity contribution >= 4 is 29.3 Å². The summed E-state index contributed by atoms with van der Waals surface area (Å²) in [5.74, 6) is -1.82. The van der Waals surface area contributed by atoms with Gasteiger partial charge in [-0.15, -0.1) is 0 Å². The number of anilines is 1. The molecule has 0 saturated heterocycles. The third-order valence-corrected chi connectivity index (χ3v) is 3.83. The predicted octanol–water partition coefficient (Wildman–Crippen LogP) is 2.73. The third-order valence-electron chi connectivity index (χ3n) is 3.83. The van der Waals surface area contributed by atoms with E-state index in [1.165, 1.54) is 19.2 Å². The first-order chi connectivity index (χ1) is 13.7. The van der Waals surface area contributed by atoms with Gasteiger partial charge in [0.05, 0.1) is 12.0 Å². The average Bonchev–Trinajstić information content (AvgIpc) is 2.67. The van der Waals surface area contributed by atoms with Gasteiger partial charge in [-0.05, 0) is 31.5 Å². The molecule has 0 aliphatic rings. The van der Waals surface area contributed by atoms with Gasteiger partial charge in [0.25, 0.3) is 11.6 Å². The fourth-order valence-electron chi connectivity index (χ4n) is 2.45. The summed E-state index contributed by atoms with van der Waals surface area (Å²) < 4.78 is 9.79. The maximum absolute atomic E-state index is 12.2. The summed E-state index contributed by atoms with van der Waals surface area (Å²) >= 11 is 0. The molecule has 2 N–H and O–H groups in total. The zero-order chi connectivity index (χ0) is 21.6. The Morgan fingerprint density at radius 1 is 1.10 bits per heavy atom. The van der Waals surface area contributed by atoms with Gasteiger partial charge in [0.2, 0.25) is 0 Å². The van der Waals surface area contributed by atoms with Crippen LogP contribution in [0.4, 0.5) is 16.2 Å². The number of amides is 3. The zero-order valence-electron chi connectivity index (χ0n) is 16.0. The molecule has 2 aromatic carbocycles. The van der Waals surface area contributed by atoms with Crippen LogP contribution in [0.2, 0.25) is 0 Å². The fourth-order valence-corrected chi connectivity index (χ4v) is 2.45. The fraction of sp³-hybridized carbons (Fsp3) is 0.211. The molecule has 152 valence electrons. The van der Waals surface area contributed by atoms with E-state index in [1.807, 2.05) is 18.3 Å². The van der Waals surface area contributed by atoms with Crippen molar-refractivity contribution < 1.29 is 28.8 Å². The molecule has 0 radical (unpaired) electrons. The Morgan fingerprint density at radius 2 is 1.83 bits per heavy atom. The molecule has 3 amide bonds. The van der Waals surface area contributed by atoms with Crippen molar-refractivity contribution in [3.63, 3.8) is 0 Å². The number of hydrogen-bond acceptors (Lipinski definition) is 7. The highest BCUT2D eigenvalue weighted by Gasteiger charge is 2.20. The number of imide groups is 1. The van der Waals surface area contributed by atoms with Crippen molar-refractivity contribution in [3.8, 4) is 5.75 Å². The summed E-state index contributed by atoms with van der Waals surface area (Å²) in [6, 6.07) is 7.97. The van der Waals surface area contributed by atoms with Crippen LogP contribution in [0.25, 0.3) is 0 Å². The Bertz CT molecular complexity index is 972. The number of esters is 1. The lowest BCUT2D eigenvalue weighted by Crippen LogP contribution is -2.37. The van der Waals surface area contributed by atoms with E-state index in [9.17, 15) is 24.5 Å². The van der Waals surface area contributed by atoms with Crippen molar-refractivity contribution in [3.05, 3.63) is 63.2 Å². The number of nitro groups is 1. The molecule has 0 atom stereocenters. The highest BCUT2D eigenvalue weighted by atomic mass is 16.6. The van der Waals surface area contributed by atoms with Crippen molar-refractivity contribution in [2.24, 2.45) is 0 Å². The van der Waals surface area contributed by atoms with Crippen LogP contribution >= 0.6 is 0 Å². The number of benzene rings is 2. The number of non-ortho nitro benzene ring substituents is 1. The molecule has 0 heterocycles. The summed E-state index contributed by atoms with van der Waals surface area (Å²) in [5.41, 5.74) is 1.81. The SMILES string of the molecule is COc1ccc([N+](=O)[O-])cc1C(=O)OCC(=O)NC(=O)Nc1ccc(C)cc1C. The van der Waals surface area contributed by atoms with Crippen LogP contribution in [0.5, 0.6) is 5.75 Å². The van der Waals surface area contributed by atoms with Crippen molar-refractivity contribution in [1.29, 1.82) is 0 Å². The number of nitrogens with one attached hydrogen (secondary N) is 2. The number of rotatable bonds is 6. The quantitative estimate of drug-likeness (QED) is 0.431. The normalized spacial score (nSPS) is 10.0. The van der Waals surface area contributed by atoms with Gasteiger partial charge in [-0.1, -0.05) is 17.7 Å². The number of hydrogen-bond donors (Lipinski definition) is 2. The number of methoxy groups -OCH3 is 1. The molecule has 29 heavy (non-hydrogen) atoms. The topological polar surface area (TPSA) is 137 Å². The third kappa shape index (κ3) is 5.76. The standard InChI is InChI=1S/C19H19N3O7/c1-11-4-6-15(12(2)8-11)20-19(25)21-17(23)10-29-18(24)14-9-13(22(26)27)5-7-16(14)28-3/h4-9H,10H2,1-3H3,(H2,20,21,23,25). The molecule has 2 aromatic rings. The highest BCUT2D eigenvalue weighted by Crippen LogP contribution is 2.24. The Hall–Kier alpha value is -3.95. The molecule has 10 nitrogen and oxygen atoms in total. The number of nitrogens with zero attached hydrogens (tertiary/aromatic N) is 1. The average molecular weight is 401 g/mol. The second-order valence-electron chi connectivity index (χ2n) is 6.04. The van der Waals surface area contributed by atoms with E-state index < -0.39 is 29.4 Å². The first-order valence-electron chi connectivity index (χ1n) is 8.39. The van der Waals surface area contributed by atoms with Gasteiger partial charge in [-0.25, -0.2) is 9.59 Å². The molecule has 2 rings (SSSR count). The van der Waals surface area contributed by atoms with Gasteiger partial charge in [-0.2, -0.15) is 0 Å². The van der Waals surface area contributed by atoms with Gasteiger partial charge in [-0.3, -0.25) is 20.2 Å². The number of ether oxygens (including phenoxy) is 2. The van der Waals surface area contributed by atoms with Crippen LogP contribution in [-0.4, -0.2) is 36.5 Å². The lowest BCUT2D eigenvalue weighted by molar-refractivity contribution is -0.384. The largest absolute Gasteiger partial charge is 0.496 e. The maximum Gasteiger partial charge on any atom is 0.342 e. The van der Waals surface area contributed by atoms with Crippen molar-refractivity contribution in [2.45, 2.75) is 13.8 Å². The lowest BCUT2D eigenvalue weighted by atomic mass is 10.1. The number of aryl methyl sites for hydroxylation is 2. The Morgan fingerprint density at radius 3 is 2.45 bits per heavy atom. The molecule has 10 heteroatoms. The Kier molecular flexibility index (Phi) is 6.85. The van der Waals surface area contributed by atoms with E-state index in [-0.39, 0.29) is 17.0 Å². The smallest absolute Gasteiger partial charge is 0.342 e. The molecular formula is C19H19N3O7. The highest BCUT2D eigenvalue weighted by molar-refractivity contribution is 6.02. The van der Waals surface area contributed by atoms with E-state index in [4.69, 9.17) is 9.47 Å². The molecule has 0 fully saturated rings. The number of urea groups is 1. The van der Waals surface area contributed by atoms with Crippen molar-refractivity contribution in [2.75, 3.05) is 19.0 Å². The van der Waals surface area contributed by atoms with Gasteiger partial charge >= 0.3 is 12.0 Å². The summed E-state index contributed by atoms with van der Waals surface area (Å²) in [6.45, 7) is 2.95. The summed E-state index contributed by atoms with van der Waals surface area (Å²) in [4.78, 5) is 46.1. The maximum atomic E-state index is 12.2. The van der Waals surface area contributed by atoms with Gasteiger partial charge in [0, 0.05) is 17.8 Å². The first-order valence-corrected chi connectivity index (χ1v) is 8.39. The molecule has 0 unspecified atom stereocenters. The van der Waals surface area contributed by atoms with E-state index >= 15 is 0 Å². The summed E-state index contributed by atoms with van der Waals surface area (Å²) in [5, 5.41) is 15.4. The molecule has 0 aromatic heterocycles. The number of carbonyl (C=O) groups is 3. The zero-order valence-corrected chi connectivity index (χ0v) is 16.0. The van der Waals surface area contributed by atoms with Crippen LogP contribution in [0.3, 0.4) is 0 Å². The van der Waals surface area contributed by atoms with E-state index in [2.05, 4.69) is 5.32 Å². The minimum Gasteiger partial charge on any atom is -0.496 e. The van der Waals surface area contributed by atoms with Crippen LogP contribution in [0.15, 0.2) is 36.4 Å². The monoisotopic (exact) mass is 401 g/mol. The second-order valence-corrected chi connectivity index (χ2v) is 6.04. The minimum absolute atomic E-state index is 0.0496. The van der Waals surface area contributed by atoms with Crippen LogP contribution in [0, 0.1) is 24.0 Å². The van der Waals surface area contributed by atoms with E-state index in [0.717, 1.165) is 17.2 Å². The van der Waals surface area contributed by atoms with Crippen LogP contribution < -0.4 is 15.4 Å². The Balaban J connectivity index is 1.95. The van der Waals surface area contributed by atoms with Crippen LogP contribution in [0.1, 0.15) is 21.5 Å². The van der Waals surface area contributed by atoms with E-state index in [1.54, 1.807) is 19.1 Å². The van der Waals surface area contributed by atoms with Gasteiger partial charge < -0.3 is 14.8 Å². The molecule has 0 spiro atoms. The number of nitro benzene ring substituents is 1. The summed E-state index contributed by atoms with van der Waals surface area (Å²) in [6.07, 6.45) is 0. The van der Waals surface area contributed by atoms with Crippen molar-refractivity contribution in [1.82, 2.24) is 5.32 Å². The summed E-state index contributed by atoms with van der Waals surface area (Å²) in [7, 11) is 1.28. The lowest BCUT2D eigenvalue weighted by Gasteiger charge is -2.11. The second kappa shape index (κ2) is 9.31. The molecular weight excluding hydrogens is 382 g/mol. The molecule has 0 aliphatic heterocycles. The Labute approximate surface area is 166 Å². The van der Waals surface area contributed by atoms with Gasteiger partial charge in [0.1, 0.15) is 11.3 Å². The first kappa shape index (κ1) is 21.4. The van der Waals surface area contributed by atoms with Gasteiger partial charge in [0.15, 0.2) is 6.61 Å². The molecule has 0 bridgehead atoms. The molecule has 0 saturated carbocycles. The minimum atomic E-state index is -1.00. The van der Waals surface area contributed by atoms with Crippen LogP contribution in [-0.2, 0) is 9.53 Å². The predicted molar refractivity (Wildman–Crippen MR) is 103 cm³/mol. The molecule has 0 aliphatic carbocycles. The number of carbonyl (C=O) groups excluding carboxylic acids is 3. The van der Waals surface area contributed by atoms with E-state index in [0.29, 0.717) is 5.69 Å².